The molecule has 2 aromatic rings. The first-order valence-electron chi connectivity index (χ1n) is 11.4. The minimum atomic E-state index is -3.78. The predicted octanol–water partition coefficient (Wildman–Crippen LogP) is 4.89. The Morgan fingerprint density at radius 3 is 2.19 bits per heavy atom. The lowest BCUT2D eigenvalue weighted by molar-refractivity contribution is -0.121. The van der Waals surface area contributed by atoms with E-state index < -0.39 is 16.1 Å². The van der Waals surface area contributed by atoms with Crippen LogP contribution in [0.25, 0.3) is 0 Å². The molecule has 2 rings (SSSR count). The molecule has 0 bridgehead atoms. The van der Waals surface area contributed by atoms with Crippen molar-refractivity contribution < 1.29 is 17.9 Å². The molecule has 7 heteroatoms. The van der Waals surface area contributed by atoms with Gasteiger partial charge in [0.25, 0.3) is 0 Å². The average Bonchev–Trinajstić information content (AvgIpc) is 2.78. The van der Waals surface area contributed by atoms with Crippen molar-refractivity contribution in [1.82, 2.24) is 10.0 Å². The first-order valence-corrected chi connectivity index (χ1v) is 12.8. The van der Waals surface area contributed by atoms with E-state index in [4.69, 9.17) is 4.74 Å². The van der Waals surface area contributed by atoms with E-state index in [2.05, 4.69) is 17.0 Å². The number of unbranched alkanes of at least 4 members (excludes halogenated alkanes) is 5. The lowest BCUT2D eigenvalue weighted by atomic mass is 10.0. The van der Waals surface area contributed by atoms with Crippen LogP contribution >= 0.6 is 0 Å². The Kier molecular flexibility index (Phi) is 10.7. The van der Waals surface area contributed by atoms with E-state index in [1.165, 1.54) is 25.7 Å². The van der Waals surface area contributed by atoms with Crippen LogP contribution in [0.5, 0.6) is 5.75 Å². The minimum absolute atomic E-state index is 0.0211. The van der Waals surface area contributed by atoms with Crippen molar-refractivity contribution in [2.45, 2.75) is 69.7 Å². The zero-order valence-corrected chi connectivity index (χ0v) is 20.2. The first kappa shape index (κ1) is 25.9. The third-order valence-electron chi connectivity index (χ3n) is 5.39. The molecular weight excluding hydrogens is 424 g/mol. The van der Waals surface area contributed by atoms with Gasteiger partial charge in [-0.3, -0.25) is 4.79 Å². The van der Waals surface area contributed by atoms with Gasteiger partial charge in [0, 0.05) is 13.0 Å². The number of methoxy groups -OCH3 is 1. The summed E-state index contributed by atoms with van der Waals surface area (Å²) in [6.45, 7) is 4.69. The highest BCUT2D eigenvalue weighted by Gasteiger charge is 2.24. The Morgan fingerprint density at radius 2 is 1.56 bits per heavy atom. The fraction of sp³-hybridized carbons (Fsp3) is 0.480. The third kappa shape index (κ3) is 8.63. The Labute approximate surface area is 192 Å². The molecule has 0 spiro atoms. The van der Waals surface area contributed by atoms with Crippen LogP contribution in [0.1, 0.15) is 69.0 Å². The summed E-state index contributed by atoms with van der Waals surface area (Å²) < 4.78 is 33.8. The van der Waals surface area contributed by atoms with Gasteiger partial charge < -0.3 is 10.1 Å². The van der Waals surface area contributed by atoms with E-state index in [1.807, 2.05) is 6.92 Å². The van der Waals surface area contributed by atoms with E-state index in [-0.39, 0.29) is 17.2 Å². The van der Waals surface area contributed by atoms with Crippen LogP contribution in [0.15, 0.2) is 53.4 Å². The molecule has 0 saturated carbocycles. The molecule has 2 N–H and O–H groups in total. The maximum Gasteiger partial charge on any atom is 0.241 e. The van der Waals surface area contributed by atoms with Crippen molar-refractivity contribution in [2.75, 3.05) is 13.7 Å². The van der Waals surface area contributed by atoms with E-state index in [9.17, 15) is 13.2 Å². The molecule has 1 unspecified atom stereocenters. The molecule has 0 saturated heterocycles. The Bertz CT molecular complexity index is 925. The molecule has 2 aromatic carbocycles. The Morgan fingerprint density at radius 1 is 0.938 bits per heavy atom. The summed E-state index contributed by atoms with van der Waals surface area (Å²) in [5.41, 5.74) is 1.68. The second-order valence-corrected chi connectivity index (χ2v) is 9.80. The fourth-order valence-corrected chi connectivity index (χ4v) is 4.65. The van der Waals surface area contributed by atoms with Gasteiger partial charge in [0.15, 0.2) is 0 Å². The van der Waals surface area contributed by atoms with Gasteiger partial charge >= 0.3 is 0 Å². The fourth-order valence-electron chi connectivity index (χ4n) is 3.43. The summed E-state index contributed by atoms with van der Waals surface area (Å²) in [5.74, 6) is 0.493. The quantitative estimate of drug-likeness (QED) is 0.393. The molecule has 0 aromatic heterocycles. The molecule has 0 aliphatic heterocycles. The Hall–Kier alpha value is -2.38. The second-order valence-electron chi connectivity index (χ2n) is 8.08. The molecule has 0 radical (unpaired) electrons. The van der Waals surface area contributed by atoms with Crippen molar-refractivity contribution in [3.63, 3.8) is 0 Å². The molecule has 32 heavy (non-hydrogen) atoms. The highest BCUT2D eigenvalue weighted by Crippen LogP contribution is 2.23. The number of amides is 1. The number of aryl methyl sites for hydroxylation is 1. The van der Waals surface area contributed by atoms with E-state index in [0.29, 0.717) is 17.9 Å². The lowest BCUT2D eigenvalue weighted by Gasteiger charge is -2.19. The topological polar surface area (TPSA) is 84.5 Å². The van der Waals surface area contributed by atoms with Gasteiger partial charge in [0.2, 0.25) is 15.9 Å². The molecular formula is C25H36N2O4S. The monoisotopic (exact) mass is 460 g/mol. The number of ether oxygens (including phenoxy) is 1. The zero-order valence-electron chi connectivity index (χ0n) is 19.4. The summed E-state index contributed by atoms with van der Waals surface area (Å²) in [6, 6.07) is 13.0. The first-order chi connectivity index (χ1) is 15.4. The van der Waals surface area contributed by atoms with Crippen LogP contribution in [-0.4, -0.2) is 28.0 Å². The molecule has 1 atom stereocenters. The third-order valence-corrected chi connectivity index (χ3v) is 6.88. The molecule has 6 nitrogen and oxygen atoms in total. The normalized spacial score (nSPS) is 12.3. The molecule has 0 aliphatic carbocycles. The standard InChI is InChI=1S/C25H36N2O4S/c1-4-5-6-7-8-9-18-26-25(28)19-24(21-12-14-22(31-3)15-13-21)27-32(29,30)23-16-10-20(2)11-17-23/h10-17,24,27H,4-9,18-19H2,1-3H3,(H,26,28). The van der Waals surface area contributed by atoms with Gasteiger partial charge in [-0.1, -0.05) is 68.9 Å². The van der Waals surface area contributed by atoms with Crippen LogP contribution < -0.4 is 14.8 Å². The van der Waals surface area contributed by atoms with Crippen LogP contribution in [-0.2, 0) is 14.8 Å². The average molecular weight is 461 g/mol. The summed E-state index contributed by atoms with van der Waals surface area (Å²) in [6.07, 6.45) is 6.89. The van der Waals surface area contributed by atoms with E-state index in [0.717, 1.165) is 18.4 Å². The smallest absolute Gasteiger partial charge is 0.241 e. The van der Waals surface area contributed by atoms with Gasteiger partial charge in [-0.2, -0.15) is 0 Å². The second kappa shape index (κ2) is 13.2. The number of rotatable bonds is 14. The molecule has 0 heterocycles. The number of carbonyl (C=O) groups excluding carboxylic acids is 1. The van der Waals surface area contributed by atoms with Crippen LogP contribution in [0, 0.1) is 6.92 Å². The number of hydrogen-bond acceptors (Lipinski definition) is 4. The zero-order chi connectivity index (χ0) is 23.4. The van der Waals surface area contributed by atoms with Gasteiger partial charge in [0.1, 0.15) is 5.75 Å². The highest BCUT2D eigenvalue weighted by molar-refractivity contribution is 7.89. The van der Waals surface area contributed by atoms with Crippen molar-refractivity contribution in [1.29, 1.82) is 0 Å². The summed E-state index contributed by atoms with van der Waals surface area (Å²) >= 11 is 0. The van der Waals surface area contributed by atoms with Gasteiger partial charge in [-0.25, -0.2) is 13.1 Å². The summed E-state index contributed by atoms with van der Waals surface area (Å²) in [4.78, 5) is 12.8. The van der Waals surface area contributed by atoms with Gasteiger partial charge in [-0.05, 0) is 43.2 Å². The number of benzene rings is 2. The maximum absolute atomic E-state index is 12.9. The number of carbonyl (C=O) groups is 1. The summed E-state index contributed by atoms with van der Waals surface area (Å²) in [7, 11) is -2.21. The van der Waals surface area contributed by atoms with Crippen LogP contribution in [0.2, 0.25) is 0 Å². The van der Waals surface area contributed by atoms with E-state index >= 15 is 0 Å². The van der Waals surface area contributed by atoms with Crippen LogP contribution in [0.3, 0.4) is 0 Å². The maximum atomic E-state index is 12.9. The van der Waals surface area contributed by atoms with Gasteiger partial charge in [0.05, 0.1) is 18.0 Å². The largest absolute Gasteiger partial charge is 0.497 e. The summed E-state index contributed by atoms with van der Waals surface area (Å²) in [5, 5.41) is 2.93. The highest BCUT2D eigenvalue weighted by atomic mass is 32.2. The Balaban J connectivity index is 2.04. The van der Waals surface area contributed by atoms with Crippen molar-refractivity contribution in [2.24, 2.45) is 0 Å². The number of nitrogens with one attached hydrogen (secondary N) is 2. The van der Waals surface area contributed by atoms with E-state index in [1.54, 1.807) is 55.6 Å². The predicted molar refractivity (Wildman–Crippen MR) is 128 cm³/mol. The van der Waals surface area contributed by atoms with Crippen molar-refractivity contribution in [3.8, 4) is 5.75 Å². The number of sulfonamides is 1. The lowest BCUT2D eigenvalue weighted by Crippen LogP contribution is -2.34. The van der Waals surface area contributed by atoms with Crippen LogP contribution in [0.4, 0.5) is 0 Å². The molecule has 176 valence electrons. The van der Waals surface area contributed by atoms with Gasteiger partial charge in [-0.15, -0.1) is 0 Å². The number of hydrogen-bond donors (Lipinski definition) is 2. The van der Waals surface area contributed by atoms with Crippen molar-refractivity contribution in [3.05, 3.63) is 59.7 Å². The van der Waals surface area contributed by atoms with Crippen molar-refractivity contribution >= 4 is 15.9 Å². The molecule has 1 amide bonds. The minimum Gasteiger partial charge on any atom is -0.497 e. The molecule has 0 aliphatic rings. The molecule has 0 fully saturated rings. The SMILES string of the molecule is CCCCCCCCNC(=O)CC(NS(=O)(=O)c1ccc(C)cc1)c1ccc(OC)cc1.